The van der Waals surface area contributed by atoms with Gasteiger partial charge in [-0.1, -0.05) is 53.4 Å². The first-order valence-electron chi connectivity index (χ1n) is 7.27. The predicted molar refractivity (Wildman–Crippen MR) is 83.5 cm³/mol. The van der Waals surface area contributed by atoms with E-state index < -0.39 is 0 Å². The van der Waals surface area contributed by atoms with Crippen LogP contribution in [-0.2, 0) is 3.63 Å². The molecule has 3 heteroatoms. The molecule has 1 nitrogen and oxygen atoms in total. The molecule has 0 aromatic rings. The summed E-state index contributed by atoms with van der Waals surface area (Å²) in [5.41, 5.74) is 0. The smallest absolute Gasteiger partial charge is 0.0323 e. The van der Waals surface area contributed by atoms with Crippen molar-refractivity contribution in [2.24, 2.45) is 0 Å². The molecule has 17 heavy (non-hydrogen) atoms. The number of rotatable bonds is 12. The molecule has 0 rings (SSSR count). The van der Waals surface area contributed by atoms with Crippen molar-refractivity contribution in [2.75, 3.05) is 0 Å². The second kappa shape index (κ2) is 13.1. The number of hydrogen-bond acceptors (Lipinski definition) is 3. The minimum Gasteiger partial charge on any atom is -0.247 e. The predicted octanol–water partition coefficient (Wildman–Crippen LogP) is 6.24. The van der Waals surface area contributed by atoms with Gasteiger partial charge in [0, 0.05) is 34.6 Å². The van der Waals surface area contributed by atoms with Gasteiger partial charge in [-0.25, -0.2) is 3.63 Å². The minimum atomic E-state index is 0.696. The first-order chi connectivity index (χ1) is 8.28. The van der Waals surface area contributed by atoms with E-state index in [4.69, 9.17) is 3.63 Å². The third kappa shape index (κ3) is 10.3. The summed E-state index contributed by atoms with van der Waals surface area (Å²) in [4.78, 5) is 0. The molecule has 0 aromatic carbocycles. The van der Waals surface area contributed by atoms with Crippen LogP contribution in [0.15, 0.2) is 0 Å². The SMILES string of the molecule is CCCC(CCC)SOSC(CCC)CCC. The van der Waals surface area contributed by atoms with E-state index in [0.717, 1.165) is 0 Å². The van der Waals surface area contributed by atoms with Crippen molar-refractivity contribution >= 4 is 24.1 Å². The van der Waals surface area contributed by atoms with Gasteiger partial charge in [0.05, 0.1) is 0 Å². The first-order valence-corrected chi connectivity index (χ1v) is 8.88. The van der Waals surface area contributed by atoms with Crippen molar-refractivity contribution in [3.05, 3.63) is 0 Å². The maximum atomic E-state index is 5.80. The molecule has 0 spiro atoms. The molecule has 0 heterocycles. The van der Waals surface area contributed by atoms with Crippen LogP contribution in [0.2, 0.25) is 0 Å². The van der Waals surface area contributed by atoms with Crippen LogP contribution in [-0.4, -0.2) is 10.5 Å². The van der Waals surface area contributed by atoms with Crippen molar-refractivity contribution < 1.29 is 3.63 Å². The average Bonchev–Trinajstić information content (AvgIpc) is 2.30. The highest BCUT2D eigenvalue weighted by Crippen LogP contribution is 2.31. The summed E-state index contributed by atoms with van der Waals surface area (Å²) in [6, 6.07) is 0. The number of hydrogen-bond donors (Lipinski definition) is 0. The van der Waals surface area contributed by atoms with Gasteiger partial charge in [0.1, 0.15) is 0 Å². The van der Waals surface area contributed by atoms with E-state index in [1.165, 1.54) is 51.4 Å². The molecule has 0 N–H and O–H groups in total. The van der Waals surface area contributed by atoms with Crippen LogP contribution < -0.4 is 0 Å². The molecule has 0 aliphatic heterocycles. The van der Waals surface area contributed by atoms with Crippen molar-refractivity contribution in [2.45, 2.75) is 89.6 Å². The Morgan fingerprint density at radius 1 is 0.647 bits per heavy atom. The maximum absolute atomic E-state index is 5.80. The zero-order valence-corrected chi connectivity index (χ0v) is 13.7. The van der Waals surface area contributed by atoms with Crippen LogP contribution in [0.4, 0.5) is 0 Å². The molecule has 0 amide bonds. The molecule has 0 aromatic heterocycles. The molecule has 0 saturated carbocycles. The maximum Gasteiger partial charge on any atom is 0.0323 e. The Morgan fingerprint density at radius 3 is 1.18 bits per heavy atom. The molecule has 0 atom stereocenters. The van der Waals surface area contributed by atoms with E-state index in [-0.39, 0.29) is 0 Å². The van der Waals surface area contributed by atoms with E-state index >= 15 is 0 Å². The van der Waals surface area contributed by atoms with Crippen LogP contribution in [0.1, 0.15) is 79.1 Å². The second-order valence-electron chi connectivity index (χ2n) is 4.66. The molecule has 0 radical (unpaired) electrons. The molecular formula is C14H30OS2. The molecule has 0 unspecified atom stereocenters. The lowest BCUT2D eigenvalue weighted by atomic mass is 10.2. The van der Waals surface area contributed by atoms with Gasteiger partial charge >= 0.3 is 0 Å². The normalized spacial score (nSPS) is 11.6. The highest BCUT2D eigenvalue weighted by Gasteiger charge is 2.12. The summed E-state index contributed by atoms with van der Waals surface area (Å²) in [7, 11) is 0. The van der Waals surface area contributed by atoms with E-state index in [9.17, 15) is 0 Å². The van der Waals surface area contributed by atoms with E-state index in [2.05, 4.69) is 27.7 Å². The molecule has 0 aliphatic carbocycles. The highest BCUT2D eigenvalue weighted by molar-refractivity contribution is 8.08. The standard InChI is InChI=1S/C14H30OS2/c1-5-9-13(10-6-2)16-15-17-14(11-7-3)12-8-4/h13-14H,5-12H2,1-4H3. The summed E-state index contributed by atoms with van der Waals surface area (Å²) in [5.74, 6) is 0. The van der Waals surface area contributed by atoms with Gasteiger partial charge in [0.25, 0.3) is 0 Å². The fourth-order valence-corrected chi connectivity index (χ4v) is 4.30. The molecule has 0 bridgehead atoms. The van der Waals surface area contributed by atoms with Crippen molar-refractivity contribution in [1.82, 2.24) is 0 Å². The lowest BCUT2D eigenvalue weighted by Crippen LogP contribution is -2.04. The Kier molecular flexibility index (Phi) is 13.6. The van der Waals surface area contributed by atoms with Crippen molar-refractivity contribution in [3.8, 4) is 0 Å². The van der Waals surface area contributed by atoms with Gasteiger partial charge < -0.3 is 0 Å². The lowest BCUT2D eigenvalue weighted by Gasteiger charge is -2.17. The largest absolute Gasteiger partial charge is 0.247 e. The van der Waals surface area contributed by atoms with Crippen LogP contribution >= 0.6 is 24.1 Å². The Morgan fingerprint density at radius 2 is 0.941 bits per heavy atom. The first kappa shape index (κ1) is 17.7. The fourth-order valence-electron chi connectivity index (χ4n) is 1.90. The summed E-state index contributed by atoms with van der Waals surface area (Å²) < 4.78 is 5.80. The van der Waals surface area contributed by atoms with E-state index in [1.807, 2.05) is 0 Å². The third-order valence-electron chi connectivity index (χ3n) is 2.79. The van der Waals surface area contributed by atoms with Crippen LogP contribution in [0.25, 0.3) is 0 Å². The van der Waals surface area contributed by atoms with E-state index in [0.29, 0.717) is 10.5 Å². The molecule has 0 fully saturated rings. The van der Waals surface area contributed by atoms with Gasteiger partial charge in [-0.2, -0.15) is 0 Å². The Labute approximate surface area is 117 Å². The van der Waals surface area contributed by atoms with Gasteiger partial charge in [-0.15, -0.1) is 0 Å². The summed E-state index contributed by atoms with van der Waals surface area (Å²) in [6.45, 7) is 9.03. The molecular weight excluding hydrogens is 248 g/mol. The lowest BCUT2D eigenvalue weighted by molar-refractivity contribution is 0.618. The van der Waals surface area contributed by atoms with Crippen LogP contribution in [0.5, 0.6) is 0 Å². The second-order valence-corrected chi connectivity index (χ2v) is 6.92. The average molecular weight is 279 g/mol. The minimum absolute atomic E-state index is 0.696. The van der Waals surface area contributed by atoms with E-state index in [1.54, 1.807) is 24.1 Å². The highest BCUT2D eigenvalue weighted by atomic mass is 32.2. The zero-order chi connectivity index (χ0) is 12.9. The quantitative estimate of drug-likeness (QED) is 0.391. The van der Waals surface area contributed by atoms with Gasteiger partial charge in [0.15, 0.2) is 0 Å². The Hall–Kier alpha value is 0.660. The molecule has 0 aliphatic rings. The van der Waals surface area contributed by atoms with Crippen LogP contribution in [0, 0.1) is 0 Å². The van der Waals surface area contributed by atoms with Crippen LogP contribution in [0.3, 0.4) is 0 Å². The zero-order valence-electron chi connectivity index (χ0n) is 12.0. The third-order valence-corrected chi connectivity index (χ3v) is 4.91. The molecule has 0 saturated heterocycles. The topological polar surface area (TPSA) is 9.23 Å². The van der Waals surface area contributed by atoms with Gasteiger partial charge in [-0.3, -0.25) is 0 Å². The monoisotopic (exact) mass is 278 g/mol. The molecule has 104 valence electrons. The fraction of sp³-hybridized carbons (Fsp3) is 1.00. The Balaban J connectivity index is 3.73. The summed E-state index contributed by atoms with van der Waals surface area (Å²) in [5, 5.41) is 1.39. The Bertz CT molecular complexity index is 125. The van der Waals surface area contributed by atoms with Gasteiger partial charge in [0.2, 0.25) is 0 Å². The van der Waals surface area contributed by atoms with Crippen molar-refractivity contribution in [1.29, 1.82) is 0 Å². The summed E-state index contributed by atoms with van der Waals surface area (Å²) in [6.07, 6.45) is 10.2. The van der Waals surface area contributed by atoms with Crippen molar-refractivity contribution in [3.63, 3.8) is 0 Å². The summed E-state index contributed by atoms with van der Waals surface area (Å²) >= 11 is 3.43. The van der Waals surface area contributed by atoms with Gasteiger partial charge in [-0.05, 0) is 25.7 Å².